The third-order valence-corrected chi connectivity index (χ3v) is 5.86. The van der Waals surface area contributed by atoms with E-state index in [0.717, 1.165) is 41.7 Å². The van der Waals surface area contributed by atoms with Crippen LogP contribution in [0.25, 0.3) is 22.4 Å². The molecule has 3 heterocycles. The summed E-state index contributed by atoms with van der Waals surface area (Å²) in [6.45, 7) is 0. The number of urea groups is 1. The number of nitrogens with zero attached hydrogens (tertiary/aromatic N) is 2. The van der Waals surface area contributed by atoms with Crippen LogP contribution >= 0.6 is 0 Å². The van der Waals surface area contributed by atoms with Crippen LogP contribution < -0.4 is 16.0 Å². The SMILES string of the molecule is CNC(=O)c1ccc2c(c1)nc(-c1cc[nH]c1)n2C1CCC2NC(=O)NC2C1. The van der Waals surface area contributed by atoms with Crippen molar-refractivity contribution in [2.45, 2.75) is 37.4 Å². The number of fused-ring (bicyclic) bond motifs is 2. The number of benzene rings is 1. The van der Waals surface area contributed by atoms with Gasteiger partial charge < -0.3 is 25.5 Å². The Balaban J connectivity index is 1.61. The van der Waals surface area contributed by atoms with Crippen LogP contribution in [0.4, 0.5) is 4.79 Å². The van der Waals surface area contributed by atoms with Crippen molar-refractivity contribution in [3.8, 4) is 11.4 Å². The van der Waals surface area contributed by atoms with Crippen LogP contribution in [-0.2, 0) is 0 Å². The summed E-state index contributed by atoms with van der Waals surface area (Å²) < 4.78 is 2.27. The normalized spacial score (nSPS) is 23.9. The summed E-state index contributed by atoms with van der Waals surface area (Å²) in [5.41, 5.74) is 3.40. The minimum atomic E-state index is -0.125. The number of carbonyl (C=O) groups excluding carboxylic acids is 2. The van der Waals surface area contributed by atoms with Crippen molar-refractivity contribution < 1.29 is 9.59 Å². The van der Waals surface area contributed by atoms with Crippen molar-refractivity contribution >= 4 is 23.0 Å². The summed E-state index contributed by atoms with van der Waals surface area (Å²) in [5.74, 6) is 0.755. The second-order valence-electron chi connectivity index (χ2n) is 7.49. The Morgan fingerprint density at radius 1 is 1.21 bits per heavy atom. The fraction of sp³-hybridized carbons (Fsp3) is 0.350. The van der Waals surface area contributed by atoms with Gasteiger partial charge in [-0.15, -0.1) is 0 Å². The van der Waals surface area contributed by atoms with E-state index in [-0.39, 0.29) is 30.1 Å². The van der Waals surface area contributed by atoms with Gasteiger partial charge in [0.05, 0.1) is 23.1 Å². The van der Waals surface area contributed by atoms with Gasteiger partial charge >= 0.3 is 6.03 Å². The molecule has 8 nitrogen and oxygen atoms in total. The van der Waals surface area contributed by atoms with E-state index >= 15 is 0 Å². The zero-order valence-corrected chi connectivity index (χ0v) is 15.5. The maximum absolute atomic E-state index is 12.0. The lowest BCUT2D eigenvalue weighted by molar-refractivity contribution is 0.0963. The van der Waals surface area contributed by atoms with E-state index in [1.165, 1.54) is 0 Å². The lowest BCUT2D eigenvalue weighted by Crippen LogP contribution is -2.40. The number of hydrogen-bond acceptors (Lipinski definition) is 3. The fourth-order valence-electron chi connectivity index (χ4n) is 4.51. The van der Waals surface area contributed by atoms with Crippen LogP contribution in [0.15, 0.2) is 36.7 Å². The minimum absolute atomic E-state index is 0.0767. The summed E-state index contributed by atoms with van der Waals surface area (Å²) >= 11 is 0. The second-order valence-corrected chi connectivity index (χ2v) is 7.49. The number of imidazole rings is 1. The van der Waals surface area contributed by atoms with E-state index in [9.17, 15) is 9.59 Å². The Morgan fingerprint density at radius 3 is 2.86 bits per heavy atom. The summed E-state index contributed by atoms with van der Waals surface area (Å²) in [7, 11) is 1.62. The molecule has 3 atom stereocenters. The summed E-state index contributed by atoms with van der Waals surface area (Å²) in [4.78, 5) is 31.7. The molecule has 3 amide bonds. The quantitative estimate of drug-likeness (QED) is 0.561. The van der Waals surface area contributed by atoms with E-state index in [1.54, 1.807) is 7.05 Å². The third kappa shape index (κ3) is 2.64. The van der Waals surface area contributed by atoms with Gasteiger partial charge in [0.2, 0.25) is 0 Å². The molecule has 3 aromatic rings. The monoisotopic (exact) mass is 378 g/mol. The average molecular weight is 378 g/mol. The molecular weight excluding hydrogens is 356 g/mol. The molecule has 1 aromatic carbocycles. The van der Waals surface area contributed by atoms with E-state index in [0.29, 0.717) is 5.56 Å². The topological polar surface area (TPSA) is 104 Å². The Morgan fingerprint density at radius 2 is 2.07 bits per heavy atom. The van der Waals surface area contributed by atoms with Crippen molar-refractivity contribution in [2.24, 2.45) is 0 Å². The zero-order chi connectivity index (χ0) is 19.3. The van der Waals surface area contributed by atoms with Gasteiger partial charge in [-0.2, -0.15) is 0 Å². The number of nitrogens with one attached hydrogen (secondary N) is 4. The van der Waals surface area contributed by atoms with Crippen molar-refractivity contribution in [3.63, 3.8) is 0 Å². The number of H-pyrrole nitrogens is 1. The Kier molecular flexibility index (Phi) is 3.85. The molecule has 28 heavy (non-hydrogen) atoms. The van der Waals surface area contributed by atoms with Gasteiger partial charge in [-0.05, 0) is 43.5 Å². The van der Waals surface area contributed by atoms with Crippen LogP contribution in [0.5, 0.6) is 0 Å². The molecule has 2 fully saturated rings. The van der Waals surface area contributed by atoms with Crippen molar-refractivity contribution in [1.82, 2.24) is 30.5 Å². The second kappa shape index (κ2) is 6.40. The molecular formula is C20H22N6O2. The number of hydrogen-bond donors (Lipinski definition) is 4. The maximum Gasteiger partial charge on any atom is 0.315 e. The number of aromatic nitrogens is 3. The predicted molar refractivity (Wildman–Crippen MR) is 105 cm³/mol. The standard InChI is InChI=1S/C20H22N6O2/c1-21-19(27)11-2-5-17-16(8-11)23-18(12-6-7-22-10-12)26(17)13-3-4-14-15(9-13)25-20(28)24-14/h2,5-8,10,13-15,22H,3-4,9H2,1H3,(H,21,27)(H2,24,25,28). The van der Waals surface area contributed by atoms with Gasteiger partial charge in [0.25, 0.3) is 5.91 Å². The molecule has 144 valence electrons. The van der Waals surface area contributed by atoms with E-state index < -0.39 is 0 Å². The highest BCUT2D eigenvalue weighted by atomic mass is 16.2. The Hall–Kier alpha value is -3.29. The highest BCUT2D eigenvalue weighted by molar-refractivity contribution is 5.97. The van der Waals surface area contributed by atoms with Crippen LogP contribution in [-0.4, -0.2) is 45.6 Å². The summed E-state index contributed by atoms with van der Waals surface area (Å²) in [6.07, 6.45) is 6.55. The first-order valence-corrected chi connectivity index (χ1v) is 9.58. The van der Waals surface area contributed by atoms with Crippen molar-refractivity contribution in [3.05, 3.63) is 42.2 Å². The first kappa shape index (κ1) is 16.9. The number of carbonyl (C=O) groups is 2. The molecule has 3 unspecified atom stereocenters. The molecule has 1 saturated heterocycles. The number of aromatic amines is 1. The molecule has 1 saturated carbocycles. The highest BCUT2D eigenvalue weighted by Crippen LogP contribution is 2.37. The molecule has 0 spiro atoms. The van der Waals surface area contributed by atoms with Crippen LogP contribution in [0, 0.1) is 0 Å². The van der Waals surface area contributed by atoms with Gasteiger partial charge in [0, 0.05) is 36.6 Å². The molecule has 2 aromatic heterocycles. The van der Waals surface area contributed by atoms with Gasteiger partial charge in [0.1, 0.15) is 5.82 Å². The smallest absolute Gasteiger partial charge is 0.315 e. The zero-order valence-electron chi connectivity index (χ0n) is 15.5. The molecule has 4 N–H and O–H groups in total. The molecule has 1 aliphatic carbocycles. The van der Waals surface area contributed by atoms with E-state index in [1.807, 2.05) is 36.7 Å². The van der Waals surface area contributed by atoms with Gasteiger partial charge in [-0.3, -0.25) is 4.79 Å². The number of amides is 3. The Bertz CT molecular complexity index is 1050. The van der Waals surface area contributed by atoms with Crippen molar-refractivity contribution in [1.29, 1.82) is 0 Å². The third-order valence-electron chi connectivity index (χ3n) is 5.86. The van der Waals surface area contributed by atoms with E-state index in [2.05, 4.69) is 25.5 Å². The van der Waals surface area contributed by atoms with Crippen molar-refractivity contribution in [2.75, 3.05) is 7.05 Å². The van der Waals surface area contributed by atoms with Gasteiger partial charge in [0.15, 0.2) is 0 Å². The molecule has 0 bridgehead atoms. The van der Waals surface area contributed by atoms with Crippen LogP contribution in [0.3, 0.4) is 0 Å². The fourth-order valence-corrected chi connectivity index (χ4v) is 4.51. The predicted octanol–water partition coefficient (Wildman–Crippen LogP) is 2.17. The summed E-state index contributed by atoms with van der Waals surface area (Å²) in [5, 5.41) is 8.70. The average Bonchev–Trinajstić information content (AvgIpc) is 3.42. The number of rotatable bonds is 3. The van der Waals surface area contributed by atoms with E-state index in [4.69, 9.17) is 4.98 Å². The highest BCUT2D eigenvalue weighted by Gasteiger charge is 2.38. The molecule has 0 radical (unpaired) electrons. The lowest BCUT2D eigenvalue weighted by atomic mass is 9.87. The largest absolute Gasteiger partial charge is 0.367 e. The molecule has 1 aliphatic heterocycles. The van der Waals surface area contributed by atoms with Crippen LogP contribution in [0.1, 0.15) is 35.7 Å². The molecule has 5 rings (SSSR count). The minimum Gasteiger partial charge on any atom is -0.367 e. The van der Waals surface area contributed by atoms with Gasteiger partial charge in [-0.1, -0.05) is 0 Å². The molecule has 2 aliphatic rings. The van der Waals surface area contributed by atoms with Gasteiger partial charge in [-0.25, -0.2) is 9.78 Å². The Labute approximate surface area is 161 Å². The first-order chi connectivity index (χ1) is 13.6. The first-order valence-electron chi connectivity index (χ1n) is 9.58. The summed E-state index contributed by atoms with van der Waals surface area (Å²) in [6, 6.07) is 8.13. The van der Waals surface area contributed by atoms with Crippen LogP contribution in [0.2, 0.25) is 0 Å². The maximum atomic E-state index is 12.0. The molecule has 8 heteroatoms. The lowest BCUT2D eigenvalue weighted by Gasteiger charge is -2.32.